The van der Waals surface area contributed by atoms with Crippen LogP contribution in [0.15, 0.2) is 35.2 Å². The lowest BCUT2D eigenvalue weighted by molar-refractivity contribution is 0.577. The summed E-state index contributed by atoms with van der Waals surface area (Å²) >= 11 is 1.39. The zero-order valence-electron chi connectivity index (χ0n) is 12.5. The molecule has 0 aliphatic carbocycles. The Morgan fingerprint density at radius 3 is 2.78 bits per heavy atom. The molecule has 3 aromatic rings. The Morgan fingerprint density at radius 1 is 1.30 bits per heavy atom. The molecule has 0 radical (unpaired) electrons. The van der Waals surface area contributed by atoms with E-state index in [4.69, 9.17) is 0 Å². The third-order valence-electron chi connectivity index (χ3n) is 3.14. The van der Waals surface area contributed by atoms with Crippen molar-refractivity contribution in [3.63, 3.8) is 0 Å². The number of nitrogens with one attached hydrogen (secondary N) is 1. The van der Waals surface area contributed by atoms with E-state index >= 15 is 0 Å². The quantitative estimate of drug-likeness (QED) is 0.740. The van der Waals surface area contributed by atoms with Gasteiger partial charge in [-0.15, -0.1) is 11.3 Å². The molecule has 3 heterocycles. The number of aromatic nitrogens is 5. The highest BCUT2D eigenvalue weighted by Gasteiger charge is 2.18. The zero-order chi connectivity index (χ0) is 16.4. The van der Waals surface area contributed by atoms with Crippen LogP contribution in [0.2, 0.25) is 0 Å². The minimum Gasteiger partial charge on any atom is -0.337 e. The zero-order valence-corrected chi connectivity index (χ0v) is 14.1. The van der Waals surface area contributed by atoms with Crippen LogP contribution in [0.4, 0.5) is 0 Å². The summed E-state index contributed by atoms with van der Waals surface area (Å²) in [5.74, 6) is 0.629. The van der Waals surface area contributed by atoms with Crippen LogP contribution in [0.1, 0.15) is 11.5 Å². The van der Waals surface area contributed by atoms with Crippen molar-refractivity contribution >= 4 is 21.4 Å². The van der Waals surface area contributed by atoms with Crippen LogP contribution in [0.25, 0.3) is 10.7 Å². The first-order valence-corrected chi connectivity index (χ1v) is 9.02. The maximum Gasteiger partial charge on any atom is 0.259 e. The number of thiazole rings is 1. The first-order valence-electron chi connectivity index (χ1n) is 6.66. The summed E-state index contributed by atoms with van der Waals surface area (Å²) in [5.41, 5.74) is 1.28. The van der Waals surface area contributed by atoms with Gasteiger partial charge in [-0.25, -0.2) is 23.1 Å². The van der Waals surface area contributed by atoms with Gasteiger partial charge in [0.2, 0.25) is 0 Å². The van der Waals surface area contributed by atoms with Gasteiger partial charge in [-0.3, -0.25) is 9.97 Å². The summed E-state index contributed by atoms with van der Waals surface area (Å²) in [7, 11) is -1.92. The molecule has 0 aliphatic rings. The standard InChI is InChI=1S/C13H14N6O2S2/c1-9-17-12(7-19(9)2)23(20,21)16-5-10-8-22-13(18-10)11-6-14-3-4-15-11/h3-4,6-8,16H,5H2,1-2H3. The average Bonchev–Trinajstić information content (AvgIpc) is 3.14. The molecule has 10 heteroatoms. The molecule has 0 spiro atoms. The minimum atomic E-state index is -3.66. The van der Waals surface area contributed by atoms with Gasteiger partial charge in [0.25, 0.3) is 10.0 Å². The lowest BCUT2D eigenvalue weighted by atomic mass is 10.4. The van der Waals surface area contributed by atoms with E-state index in [-0.39, 0.29) is 11.6 Å². The molecular formula is C13H14N6O2S2. The fourth-order valence-electron chi connectivity index (χ4n) is 1.81. The molecule has 23 heavy (non-hydrogen) atoms. The Kier molecular flexibility index (Phi) is 4.20. The lowest BCUT2D eigenvalue weighted by Gasteiger charge is -2.01. The van der Waals surface area contributed by atoms with Crippen LogP contribution in [-0.4, -0.2) is 32.9 Å². The number of sulfonamides is 1. The SMILES string of the molecule is Cc1nc(S(=O)(=O)NCc2csc(-c3cnccn3)n2)cn1C. The van der Waals surface area contributed by atoms with Gasteiger partial charge in [-0.05, 0) is 6.92 Å². The highest BCUT2D eigenvalue weighted by Crippen LogP contribution is 2.20. The molecule has 0 saturated heterocycles. The molecule has 0 unspecified atom stereocenters. The molecule has 0 fully saturated rings. The van der Waals surface area contributed by atoms with Crippen LogP contribution in [0.5, 0.6) is 0 Å². The number of nitrogens with zero attached hydrogens (tertiary/aromatic N) is 5. The van der Waals surface area contributed by atoms with Gasteiger partial charge in [-0.1, -0.05) is 0 Å². The normalized spacial score (nSPS) is 11.7. The maximum absolute atomic E-state index is 12.2. The third kappa shape index (κ3) is 3.44. The number of imidazole rings is 1. The van der Waals surface area contributed by atoms with Crippen molar-refractivity contribution in [1.82, 2.24) is 29.2 Å². The Hall–Kier alpha value is -2.17. The van der Waals surface area contributed by atoms with E-state index in [1.165, 1.54) is 17.5 Å². The summed E-state index contributed by atoms with van der Waals surface area (Å²) < 4.78 is 28.6. The van der Waals surface area contributed by atoms with Gasteiger partial charge in [0, 0.05) is 31.0 Å². The van der Waals surface area contributed by atoms with E-state index in [0.29, 0.717) is 22.2 Å². The minimum absolute atomic E-state index is 0.00174. The predicted octanol–water partition coefficient (Wildman–Crippen LogP) is 1.12. The summed E-state index contributed by atoms with van der Waals surface area (Å²) in [6, 6.07) is 0. The van der Waals surface area contributed by atoms with E-state index in [1.807, 2.05) is 0 Å². The molecule has 0 saturated carbocycles. The Morgan fingerprint density at radius 2 is 2.13 bits per heavy atom. The van der Waals surface area contributed by atoms with Gasteiger partial charge >= 0.3 is 0 Å². The third-order valence-corrected chi connectivity index (χ3v) is 5.32. The maximum atomic E-state index is 12.2. The molecule has 0 atom stereocenters. The Bertz CT molecular complexity index is 898. The van der Waals surface area contributed by atoms with Crippen molar-refractivity contribution in [2.45, 2.75) is 18.5 Å². The predicted molar refractivity (Wildman–Crippen MR) is 85.1 cm³/mol. The van der Waals surface area contributed by atoms with Crippen molar-refractivity contribution < 1.29 is 8.42 Å². The van der Waals surface area contributed by atoms with Gasteiger partial charge < -0.3 is 4.57 Å². The molecular weight excluding hydrogens is 336 g/mol. The van der Waals surface area contributed by atoms with E-state index in [0.717, 1.165) is 0 Å². The smallest absolute Gasteiger partial charge is 0.259 e. The van der Waals surface area contributed by atoms with Crippen molar-refractivity contribution in [1.29, 1.82) is 0 Å². The second kappa shape index (κ2) is 6.14. The van der Waals surface area contributed by atoms with Crippen LogP contribution in [-0.2, 0) is 23.6 Å². The summed E-state index contributed by atoms with van der Waals surface area (Å²) in [4.78, 5) is 16.5. The average molecular weight is 350 g/mol. The molecule has 1 N–H and O–H groups in total. The highest BCUT2D eigenvalue weighted by molar-refractivity contribution is 7.89. The second-order valence-corrected chi connectivity index (χ2v) is 7.37. The van der Waals surface area contributed by atoms with E-state index < -0.39 is 10.0 Å². The van der Waals surface area contributed by atoms with Crippen molar-refractivity contribution in [2.75, 3.05) is 0 Å². The van der Waals surface area contributed by atoms with Crippen LogP contribution in [0.3, 0.4) is 0 Å². The van der Waals surface area contributed by atoms with Gasteiger partial charge in [0.1, 0.15) is 16.5 Å². The lowest BCUT2D eigenvalue weighted by Crippen LogP contribution is -2.23. The Labute approximate surface area is 137 Å². The van der Waals surface area contributed by atoms with Crippen molar-refractivity contribution in [2.24, 2.45) is 7.05 Å². The summed E-state index contributed by atoms with van der Waals surface area (Å²) in [6.07, 6.45) is 6.26. The Balaban J connectivity index is 1.72. The molecule has 8 nitrogen and oxygen atoms in total. The molecule has 3 aromatic heterocycles. The fraction of sp³-hybridized carbons (Fsp3) is 0.231. The second-order valence-electron chi connectivity index (χ2n) is 4.80. The van der Waals surface area contributed by atoms with Crippen LogP contribution in [0, 0.1) is 6.92 Å². The first-order chi connectivity index (χ1) is 11.0. The van der Waals surface area contributed by atoms with Crippen LogP contribution >= 0.6 is 11.3 Å². The molecule has 0 aromatic carbocycles. The number of hydrogen-bond acceptors (Lipinski definition) is 7. The number of hydrogen-bond donors (Lipinski definition) is 1. The van der Waals surface area contributed by atoms with Crippen LogP contribution < -0.4 is 4.72 Å². The van der Waals surface area contributed by atoms with E-state index in [9.17, 15) is 8.42 Å². The summed E-state index contributed by atoms with van der Waals surface area (Å²) in [6.45, 7) is 1.83. The summed E-state index contributed by atoms with van der Waals surface area (Å²) in [5, 5.41) is 2.48. The van der Waals surface area contributed by atoms with Crippen molar-refractivity contribution in [3.8, 4) is 10.7 Å². The largest absolute Gasteiger partial charge is 0.337 e. The molecule has 0 aliphatic heterocycles. The fourth-order valence-corrected chi connectivity index (χ4v) is 3.63. The first kappa shape index (κ1) is 15.7. The number of rotatable bonds is 5. The molecule has 3 rings (SSSR count). The topological polar surface area (TPSA) is 103 Å². The van der Waals surface area contributed by atoms with E-state index in [1.54, 1.807) is 42.5 Å². The monoisotopic (exact) mass is 350 g/mol. The van der Waals surface area contributed by atoms with Crippen molar-refractivity contribution in [3.05, 3.63) is 41.7 Å². The molecule has 0 bridgehead atoms. The van der Waals surface area contributed by atoms with Gasteiger partial charge in [0.05, 0.1) is 18.4 Å². The number of aryl methyl sites for hydroxylation is 2. The van der Waals surface area contributed by atoms with Gasteiger partial charge in [0.15, 0.2) is 5.03 Å². The van der Waals surface area contributed by atoms with E-state index in [2.05, 4.69) is 24.7 Å². The molecule has 0 amide bonds. The van der Waals surface area contributed by atoms with Gasteiger partial charge in [-0.2, -0.15) is 0 Å². The highest BCUT2D eigenvalue weighted by atomic mass is 32.2. The molecule has 120 valence electrons.